The van der Waals surface area contributed by atoms with Crippen LogP contribution in [0.15, 0.2) is 18.2 Å². The van der Waals surface area contributed by atoms with E-state index in [1.54, 1.807) is 7.11 Å². The molecule has 0 bridgehead atoms. The van der Waals surface area contributed by atoms with Crippen molar-refractivity contribution in [2.75, 3.05) is 7.11 Å². The van der Waals surface area contributed by atoms with Gasteiger partial charge in [-0.1, -0.05) is 17.7 Å². The molecule has 1 unspecified atom stereocenters. The van der Waals surface area contributed by atoms with Crippen LogP contribution in [0, 0.1) is 0 Å². The molecule has 78 valence electrons. The monoisotopic (exact) mass is 213 g/mol. The molecule has 1 aromatic rings. The lowest BCUT2D eigenvalue weighted by Crippen LogP contribution is -2.18. The Morgan fingerprint density at radius 3 is 2.71 bits per heavy atom. The predicted octanol–water partition coefficient (Wildman–Crippen LogP) is 2.38. The molecule has 3 heteroatoms. The van der Waals surface area contributed by atoms with Gasteiger partial charge in [0.15, 0.2) is 0 Å². The molecule has 1 atom stereocenters. The minimum Gasteiger partial charge on any atom is -0.380 e. The third-order valence-electron chi connectivity index (χ3n) is 2.01. The first-order chi connectivity index (χ1) is 6.63. The van der Waals surface area contributed by atoms with Crippen LogP contribution in [0.2, 0.25) is 5.02 Å². The molecule has 2 N–H and O–H groups in total. The fraction of sp³-hybridized carbons (Fsp3) is 0.455. The van der Waals surface area contributed by atoms with Gasteiger partial charge >= 0.3 is 0 Å². The number of benzene rings is 1. The number of nitrogens with two attached hydrogens (primary N) is 1. The van der Waals surface area contributed by atoms with Gasteiger partial charge in [-0.2, -0.15) is 0 Å². The van der Waals surface area contributed by atoms with Crippen LogP contribution in [0.4, 0.5) is 0 Å². The zero-order chi connectivity index (χ0) is 10.6. The average Bonchev–Trinajstić information content (AvgIpc) is 2.09. The van der Waals surface area contributed by atoms with Crippen molar-refractivity contribution in [3.8, 4) is 0 Å². The van der Waals surface area contributed by atoms with Gasteiger partial charge < -0.3 is 10.5 Å². The summed E-state index contributed by atoms with van der Waals surface area (Å²) >= 11 is 5.90. The van der Waals surface area contributed by atoms with Crippen molar-refractivity contribution in [1.29, 1.82) is 0 Å². The van der Waals surface area contributed by atoms with Gasteiger partial charge in [0.1, 0.15) is 0 Å². The van der Waals surface area contributed by atoms with Crippen LogP contribution >= 0.6 is 11.6 Å². The maximum atomic E-state index is 5.90. The molecule has 14 heavy (non-hydrogen) atoms. The van der Waals surface area contributed by atoms with Gasteiger partial charge in [-0.25, -0.2) is 0 Å². The van der Waals surface area contributed by atoms with Crippen LogP contribution in [-0.4, -0.2) is 13.2 Å². The van der Waals surface area contributed by atoms with Gasteiger partial charge in [-0.3, -0.25) is 0 Å². The Morgan fingerprint density at radius 2 is 2.14 bits per heavy atom. The second-order valence-corrected chi connectivity index (χ2v) is 3.96. The van der Waals surface area contributed by atoms with Gasteiger partial charge in [-0.05, 0) is 36.6 Å². The summed E-state index contributed by atoms with van der Waals surface area (Å²) in [6, 6.07) is 5.99. The van der Waals surface area contributed by atoms with Crippen molar-refractivity contribution in [2.45, 2.75) is 26.0 Å². The molecule has 0 spiro atoms. The van der Waals surface area contributed by atoms with Crippen molar-refractivity contribution < 1.29 is 4.74 Å². The predicted molar refractivity (Wildman–Crippen MR) is 59.5 cm³/mol. The molecule has 0 saturated heterocycles. The minimum atomic E-state index is 0.159. The standard InChI is InChI=1S/C11H16ClNO/c1-8(13)5-9-3-4-11(12)6-10(9)7-14-2/h3-4,6,8H,5,7,13H2,1-2H3. The quantitative estimate of drug-likeness (QED) is 0.834. The second-order valence-electron chi connectivity index (χ2n) is 3.53. The average molecular weight is 214 g/mol. The number of hydrogen-bond donors (Lipinski definition) is 1. The SMILES string of the molecule is COCc1cc(Cl)ccc1CC(C)N. The van der Waals surface area contributed by atoms with Crippen molar-refractivity contribution >= 4 is 11.6 Å². The Balaban J connectivity index is 2.89. The van der Waals surface area contributed by atoms with Gasteiger partial charge in [0.25, 0.3) is 0 Å². The molecule has 0 heterocycles. The van der Waals surface area contributed by atoms with E-state index in [1.165, 1.54) is 5.56 Å². The molecule has 0 radical (unpaired) electrons. The summed E-state index contributed by atoms with van der Waals surface area (Å²) < 4.78 is 5.11. The Kier molecular flexibility index (Phi) is 4.39. The maximum absolute atomic E-state index is 5.90. The minimum absolute atomic E-state index is 0.159. The fourth-order valence-electron chi connectivity index (χ4n) is 1.43. The summed E-state index contributed by atoms with van der Waals surface area (Å²) in [5.74, 6) is 0. The third kappa shape index (κ3) is 3.29. The highest BCUT2D eigenvalue weighted by molar-refractivity contribution is 6.30. The first-order valence-corrected chi connectivity index (χ1v) is 5.03. The number of methoxy groups -OCH3 is 1. The van der Waals surface area contributed by atoms with Crippen LogP contribution in [0.1, 0.15) is 18.1 Å². The molecule has 0 aliphatic carbocycles. The van der Waals surface area contributed by atoms with E-state index in [4.69, 9.17) is 22.1 Å². The van der Waals surface area contributed by atoms with E-state index in [9.17, 15) is 0 Å². The van der Waals surface area contributed by atoms with Crippen LogP contribution in [0.25, 0.3) is 0 Å². The van der Waals surface area contributed by atoms with E-state index in [0.29, 0.717) is 6.61 Å². The summed E-state index contributed by atoms with van der Waals surface area (Å²) in [7, 11) is 1.68. The third-order valence-corrected chi connectivity index (χ3v) is 2.25. The summed E-state index contributed by atoms with van der Waals surface area (Å²) in [6.07, 6.45) is 0.857. The van der Waals surface area contributed by atoms with Crippen LogP contribution in [0.5, 0.6) is 0 Å². The molecular weight excluding hydrogens is 198 g/mol. The van der Waals surface area contributed by atoms with E-state index >= 15 is 0 Å². The highest BCUT2D eigenvalue weighted by atomic mass is 35.5. The summed E-state index contributed by atoms with van der Waals surface area (Å²) in [5.41, 5.74) is 8.09. The number of ether oxygens (including phenoxy) is 1. The molecule has 0 aliphatic heterocycles. The zero-order valence-corrected chi connectivity index (χ0v) is 9.34. The molecule has 0 fully saturated rings. The Hall–Kier alpha value is -0.570. The molecule has 0 aromatic heterocycles. The van der Waals surface area contributed by atoms with E-state index in [2.05, 4.69) is 0 Å². The van der Waals surface area contributed by atoms with Crippen molar-refractivity contribution in [3.05, 3.63) is 34.3 Å². The number of hydrogen-bond acceptors (Lipinski definition) is 2. The number of rotatable bonds is 4. The Morgan fingerprint density at radius 1 is 1.43 bits per heavy atom. The van der Waals surface area contributed by atoms with Crippen molar-refractivity contribution in [1.82, 2.24) is 0 Å². The molecule has 1 rings (SSSR count). The topological polar surface area (TPSA) is 35.2 Å². The lowest BCUT2D eigenvalue weighted by atomic mass is 10.0. The van der Waals surface area contributed by atoms with Crippen molar-refractivity contribution in [3.63, 3.8) is 0 Å². The fourth-order valence-corrected chi connectivity index (χ4v) is 1.63. The summed E-state index contributed by atoms with van der Waals surface area (Å²) in [6.45, 7) is 2.58. The molecule has 0 amide bonds. The van der Waals surface area contributed by atoms with Gasteiger partial charge in [0.2, 0.25) is 0 Å². The van der Waals surface area contributed by atoms with Crippen molar-refractivity contribution in [2.24, 2.45) is 5.73 Å². The lowest BCUT2D eigenvalue weighted by Gasteiger charge is -2.11. The largest absolute Gasteiger partial charge is 0.380 e. The van der Waals surface area contributed by atoms with Crippen LogP contribution in [0.3, 0.4) is 0 Å². The van der Waals surface area contributed by atoms with Crippen LogP contribution in [-0.2, 0) is 17.8 Å². The van der Waals surface area contributed by atoms with E-state index in [-0.39, 0.29) is 6.04 Å². The summed E-state index contributed by atoms with van der Waals surface area (Å²) in [4.78, 5) is 0. The first kappa shape index (κ1) is 11.5. The Bertz CT molecular complexity index is 299. The molecule has 2 nitrogen and oxygen atoms in total. The van der Waals surface area contributed by atoms with Crippen LogP contribution < -0.4 is 5.73 Å². The zero-order valence-electron chi connectivity index (χ0n) is 8.59. The van der Waals surface area contributed by atoms with Gasteiger partial charge in [0.05, 0.1) is 6.61 Å². The van der Waals surface area contributed by atoms with E-state index < -0.39 is 0 Å². The number of halogens is 1. The van der Waals surface area contributed by atoms with Gasteiger partial charge in [0, 0.05) is 18.2 Å². The maximum Gasteiger partial charge on any atom is 0.0716 e. The molecule has 1 aromatic carbocycles. The molecular formula is C11H16ClNO. The second kappa shape index (κ2) is 5.35. The highest BCUT2D eigenvalue weighted by Gasteiger charge is 2.05. The highest BCUT2D eigenvalue weighted by Crippen LogP contribution is 2.18. The lowest BCUT2D eigenvalue weighted by molar-refractivity contribution is 0.184. The van der Waals surface area contributed by atoms with E-state index in [1.807, 2.05) is 25.1 Å². The summed E-state index contributed by atoms with van der Waals surface area (Å²) in [5, 5.41) is 0.741. The molecule has 0 aliphatic rings. The first-order valence-electron chi connectivity index (χ1n) is 4.65. The Labute approximate surface area is 90.0 Å². The smallest absolute Gasteiger partial charge is 0.0716 e. The van der Waals surface area contributed by atoms with E-state index in [0.717, 1.165) is 17.0 Å². The molecule has 0 saturated carbocycles. The van der Waals surface area contributed by atoms with Gasteiger partial charge in [-0.15, -0.1) is 0 Å². The normalized spacial score (nSPS) is 12.9.